The van der Waals surface area contributed by atoms with E-state index in [9.17, 15) is 19.7 Å². The second-order valence-electron chi connectivity index (χ2n) is 5.68. The van der Waals surface area contributed by atoms with Gasteiger partial charge >= 0.3 is 5.97 Å². The van der Waals surface area contributed by atoms with Crippen molar-refractivity contribution in [2.75, 3.05) is 19.0 Å². The third kappa shape index (κ3) is 5.53. The molecular weight excluding hydrogens is 352 g/mol. The number of nitrogens with one attached hydrogen (secondary N) is 1. The molecule has 2 aromatic carbocycles. The van der Waals surface area contributed by atoms with Crippen molar-refractivity contribution in [3.05, 3.63) is 64.2 Å². The zero-order valence-electron chi connectivity index (χ0n) is 15.0. The molecule has 0 aromatic heterocycles. The molecular formula is C19H20N2O6. The molecule has 0 spiro atoms. The van der Waals surface area contributed by atoms with Crippen LogP contribution in [0.3, 0.4) is 0 Å². The number of nitro benzene ring substituents is 1. The number of carbonyl (C=O) groups excluding carboxylic acids is 2. The summed E-state index contributed by atoms with van der Waals surface area (Å²) in [6.07, 6.45) is -0.969. The van der Waals surface area contributed by atoms with Gasteiger partial charge in [-0.1, -0.05) is 12.1 Å². The van der Waals surface area contributed by atoms with E-state index in [1.165, 1.54) is 20.1 Å². The fourth-order valence-corrected chi connectivity index (χ4v) is 2.38. The molecule has 0 radical (unpaired) electrons. The van der Waals surface area contributed by atoms with Crippen LogP contribution < -0.4 is 10.1 Å². The summed E-state index contributed by atoms with van der Waals surface area (Å²) in [5, 5.41) is 13.8. The Morgan fingerprint density at radius 2 is 1.81 bits per heavy atom. The number of hydrogen-bond acceptors (Lipinski definition) is 7. The average molecular weight is 372 g/mol. The minimum absolute atomic E-state index is 0.0354. The molecule has 0 saturated heterocycles. The van der Waals surface area contributed by atoms with Gasteiger partial charge in [-0.15, -0.1) is 0 Å². The first kappa shape index (κ1) is 19.9. The van der Waals surface area contributed by atoms with Gasteiger partial charge in [0.25, 0.3) is 5.69 Å². The third-order valence-electron chi connectivity index (χ3n) is 3.80. The molecule has 1 atom stereocenters. The Labute approximate surface area is 156 Å². The largest absolute Gasteiger partial charge is 0.497 e. The van der Waals surface area contributed by atoms with Crippen molar-refractivity contribution in [3.8, 4) is 5.75 Å². The van der Waals surface area contributed by atoms with E-state index in [2.05, 4.69) is 5.32 Å². The molecule has 0 heterocycles. The number of carbonyl (C=O) groups is 2. The number of anilines is 1. The van der Waals surface area contributed by atoms with Gasteiger partial charge in [0.15, 0.2) is 6.10 Å². The molecule has 8 heteroatoms. The molecule has 8 nitrogen and oxygen atoms in total. The van der Waals surface area contributed by atoms with Crippen molar-refractivity contribution in [1.29, 1.82) is 0 Å². The Morgan fingerprint density at radius 3 is 2.44 bits per heavy atom. The Morgan fingerprint density at radius 1 is 1.15 bits per heavy atom. The maximum absolute atomic E-state index is 12.3. The van der Waals surface area contributed by atoms with Gasteiger partial charge in [-0.05, 0) is 37.3 Å². The van der Waals surface area contributed by atoms with Crippen molar-refractivity contribution >= 4 is 23.1 Å². The topological polar surface area (TPSA) is 108 Å². The number of Topliss-reactive ketones (excluding diaryl/α,β-unsaturated/α-hetero) is 1. The van der Waals surface area contributed by atoms with Gasteiger partial charge in [0.05, 0.1) is 18.5 Å². The quantitative estimate of drug-likeness (QED) is 0.312. The summed E-state index contributed by atoms with van der Waals surface area (Å²) in [5.74, 6) is -0.273. The van der Waals surface area contributed by atoms with Crippen LogP contribution in [-0.4, -0.2) is 36.4 Å². The predicted molar refractivity (Wildman–Crippen MR) is 99.1 cm³/mol. The lowest BCUT2D eigenvalue weighted by molar-refractivity contribution is -0.384. The van der Waals surface area contributed by atoms with E-state index in [1.54, 1.807) is 42.5 Å². The molecule has 0 saturated carbocycles. The van der Waals surface area contributed by atoms with Gasteiger partial charge in [0.1, 0.15) is 11.4 Å². The first-order valence-electron chi connectivity index (χ1n) is 8.27. The van der Waals surface area contributed by atoms with Crippen LogP contribution in [0.15, 0.2) is 48.5 Å². The van der Waals surface area contributed by atoms with E-state index in [0.717, 1.165) is 0 Å². The highest BCUT2D eigenvalue weighted by atomic mass is 16.6. The summed E-state index contributed by atoms with van der Waals surface area (Å²) < 4.78 is 10.2. The molecule has 1 N–H and O–H groups in total. The van der Waals surface area contributed by atoms with Gasteiger partial charge in [-0.2, -0.15) is 0 Å². The normalized spacial score (nSPS) is 11.3. The Kier molecular flexibility index (Phi) is 6.87. The van der Waals surface area contributed by atoms with E-state index in [1.807, 2.05) is 0 Å². The molecule has 0 unspecified atom stereocenters. The highest BCUT2D eigenvalue weighted by Crippen LogP contribution is 2.23. The molecule has 0 amide bonds. The Bertz CT molecular complexity index is 819. The number of ketones is 1. The van der Waals surface area contributed by atoms with Crippen molar-refractivity contribution < 1.29 is 24.0 Å². The van der Waals surface area contributed by atoms with Gasteiger partial charge in [0, 0.05) is 18.2 Å². The molecule has 142 valence electrons. The zero-order chi connectivity index (χ0) is 19.8. The molecule has 0 fully saturated rings. The molecule has 2 aromatic rings. The van der Waals surface area contributed by atoms with E-state index in [-0.39, 0.29) is 24.4 Å². The summed E-state index contributed by atoms with van der Waals surface area (Å²) in [5.41, 5.74) is 0.653. The Balaban J connectivity index is 1.84. The van der Waals surface area contributed by atoms with Crippen LogP contribution in [0.1, 0.15) is 23.7 Å². The van der Waals surface area contributed by atoms with Crippen LogP contribution >= 0.6 is 0 Å². The molecule has 0 bridgehead atoms. The maximum Gasteiger partial charge on any atom is 0.308 e. The summed E-state index contributed by atoms with van der Waals surface area (Å²) in [6.45, 7) is 1.65. The smallest absolute Gasteiger partial charge is 0.308 e. The highest BCUT2D eigenvalue weighted by molar-refractivity contribution is 6.00. The summed E-state index contributed by atoms with van der Waals surface area (Å²) in [7, 11) is 1.53. The summed E-state index contributed by atoms with van der Waals surface area (Å²) >= 11 is 0. The fourth-order valence-electron chi connectivity index (χ4n) is 2.38. The SMILES string of the molecule is COc1ccc(C(=O)[C@H](C)OC(=O)CCNc2ccccc2[N+](=O)[O-])cc1. The van der Waals surface area contributed by atoms with Gasteiger partial charge in [-0.3, -0.25) is 19.7 Å². The van der Waals surface area contributed by atoms with Crippen LogP contribution in [-0.2, 0) is 9.53 Å². The highest BCUT2D eigenvalue weighted by Gasteiger charge is 2.19. The average Bonchev–Trinajstić information content (AvgIpc) is 2.67. The van der Waals surface area contributed by atoms with Gasteiger partial charge in [0.2, 0.25) is 5.78 Å². The van der Waals surface area contributed by atoms with Crippen LogP contribution in [0.2, 0.25) is 0 Å². The lowest BCUT2D eigenvalue weighted by Gasteiger charge is -2.13. The molecule has 0 aliphatic carbocycles. The van der Waals surface area contributed by atoms with Crippen LogP contribution in [0.25, 0.3) is 0 Å². The van der Waals surface area contributed by atoms with Crippen LogP contribution in [0.5, 0.6) is 5.75 Å². The lowest BCUT2D eigenvalue weighted by Crippen LogP contribution is -2.25. The number of nitrogens with zero attached hydrogens (tertiary/aromatic N) is 1. The monoisotopic (exact) mass is 372 g/mol. The number of benzene rings is 2. The van der Waals surface area contributed by atoms with E-state index in [0.29, 0.717) is 17.0 Å². The zero-order valence-corrected chi connectivity index (χ0v) is 15.0. The second-order valence-corrected chi connectivity index (χ2v) is 5.68. The maximum atomic E-state index is 12.3. The van der Waals surface area contributed by atoms with E-state index < -0.39 is 17.0 Å². The van der Waals surface area contributed by atoms with Crippen LogP contribution in [0, 0.1) is 10.1 Å². The minimum Gasteiger partial charge on any atom is -0.497 e. The van der Waals surface area contributed by atoms with E-state index >= 15 is 0 Å². The molecule has 27 heavy (non-hydrogen) atoms. The third-order valence-corrected chi connectivity index (χ3v) is 3.80. The minimum atomic E-state index is -0.933. The first-order valence-corrected chi connectivity index (χ1v) is 8.27. The van der Waals surface area contributed by atoms with E-state index in [4.69, 9.17) is 9.47 Å². The second kappa shape index (κ2) is 9.33. The van der Waals surface area contributed by atoms with Gasteiger partial charge < -0.3 is 14.8 Å². The number of rotatable bonds is 9. The number of para-hydroxylation sites is 2. The first-order chi connectivity index (χ1) is 12.9. The standard InChI is InChI=1S/C19H20N2O6/c1-13(19(23)14-7-9-15(26-2)10-8-14)27-18(22)11-12-20-16-5-3-4-6-17(16)21(24)25/h3-10,13,20H,11-12H2,1-2H3/t13-/m0/s1. The van der Waals surface area contributed by atoms with Crippen molar-refractivity contribution in [2.24, 2.45) is 0 Å². The van der Waals surface area contributed by atoms with Crippen molar-refractivity contribution in [2.45, 2.75) is 19.4 Å². The predicted octanol–water partition coefficient (Wildman–Crippen LogP) is 3.22. The molecule has 0 aliphatic heterocycles. The number of esters is 1. The number of hydrogen-bond donors (Lipinski definition) is 1. The summed E-state index contributed by atoms with van der Waals surface area (Å²) in [6, 6.07) is 12.6. The van der Waals surface area contributed by atoms with Crippen LogP contribution in [0.4, 0.5) is 11.4 Å². The fraction of sp³-hybridized carbons (Fsp3) is 0.263. The van der Waals surface area contributed by atoms with Crippen molar-refractivity contribution in [1.82, 2.24) is 0 Å². The number of nitro groups is 1. The van der Waals surface area contributed by atoms with Crippen molar-refractivity contribution in [3.63, 3.8) is 0 Å². The number of ether oxygens (including phenoxy) is 2. The lowest BCUT2D eigenvalue weighted by atomic mass is 10.1. The Hall–Kier alpha value is -3.42. The molecule has 0 aliphatic rings. The molecule has 2 rings (SSSR count). The summed E-state index contributed by atoms with van der Waals surface area (Å²) in [4.78, 5) is 34.7. The van der Waals surface area contributed by atoms with Gasteiger partial charge in [-0.25, -0.2) is 0 Å². The number of methoxy groups -OCH3 is 1.